The van der Waals surface area contributed by atoms with Crippen molar-refractivity contribution in [2.75, 3.05) is 0 Å². The summed E-state index contributed by atoms with van der Waals surface area (Å²) in [6.45, 7) is 8.12. The molecule has 3 heterocycles. The Morgan fingerprint density at radius 3 is 1.95 bits per heavy atom. The van der Waals surface area contributed by atoms with Crippen molar-refractivity contribution in [2.24, 2.45) is 0 Å². The van der Waals surface area contributed by atoms with Gasteiger partial charge in [-0.1, -0.05) is 0 Å². The first kappa shape index (κ1) is 13.3. The molecule has 0 saturated carbocycles. The normalized spacial score (nSPS) is 20.3. The quantitative estimate of drug-likeness (QED) is 0.778. The van der Waals surface area contributed by atoms with Crippen molar-refractivity contribution in [2.45, 2.75) is 38.9 Å². The highest BCUT2D eigenvalue weighted by Crippen LogP contribution is 2.36. The molecule has 6 heteroatoms. The maximum atomic E-state index is 5.97. The van der Waals surface area contributed by atoms with E-state index in [1.165, 1.54) is 0 Å². The number of hydrogen-bond donors (Lipinski definition) is 0. The van der Waals surface area contributed by atoms with E-state index in [2.05, 4.69) is 9.97 Å². The molecule has 0 amide bonds. The van der Waals surface area contributed by atoms with Gasteiger partial charge in [-0.05, 0) is 39.8 Å². The minimum atomic E-state index is -0.418. The Hall–Kier alpha value is -1.66. The largest absolute Gasteiger partial charge is 0.498 e. The number of hydrogen-bond acceptors (Lipinski definition) is 4. The number of rotatable bonds is 2. The van der Waals surface area contributed by atoms with Gasteiger partial charge in [-0.15, -0.1) is 0 Å². The topological polar surface area (TPSA) is 49.2 Å². The van der Waals surface area contributed by atoms with Gasteiger partial charge in [0.1, 0.15) is 0 Å². The third-order valence-electron chi connectivity index (χ3n) is 4.02. The maximum absolute atomic E-state index is 5.97. The summed E-state index contributed by atoms with van der Waals surface area (Å²) in [7, 11) is -0.418. The Morgan fingerprint density at radius 1 is 0.950 bits per heavy atom. The second-order valence-corrected chi connectivity index (χ2v) is 5.99. The Bertz CT molecular complexity index is 577. The molecule has 0 aliphatic carbocycles. The Balaban J connectivity index is 1.83. The highest BCUT2D eigenvalue weighted by molar-refractivity contribution is 6.61. The Kier molecular flexibility index (Phi) is 2.95. The summed E-state index contributed by atoms with van der Waals surface area (Å²) in [6, 6.07) is 3.87. The van der Waals surface area contributed by atoms with Gasteiger partial charge >= 0.3 is 7.12 Å². The van der Waals surface area contributed by atoms with Crippen molar-refractivity contribution >= 4 is 12.6 Å². The highest BCUT2D eigenvalue weighted by Gasteiger charge is 2.51. The van der Waals surface area contributed by atoms with Crippen molar-refractivity contribution in [3.05, 3.63) is 36.9 Å². The van der Waals surface area contributed by atoms with Gasteiger partial charge in [-0.25, -0.2) is 9.97 Å². The highest BCUT2D eigenvalue weighted by atomic mass is 16.7. The van der Waals surface area contributed by atoms with Crippen LogP contribution in [0, 0.1) is 0 Å². The third kappa shape index (κ3) is 2.15. The number of aromatic nitrogens is 3. The minimum absolute atomic E-state index is 0.350. The van der Waals surface area contributed by atoms with E-state index in [1.807, 2.05) is 56.8 Å². The summed E-state index contributed by atoms with van der Waals surface area (Å²) in [6.07, 6.45) is 7.32. The molecule has 20 heavy (non-hydrogen) atoms. The molecule has 0 atom stereocenters. The average Bonchev–Trinajstić information content (AvgIpc) is 2.97. The van der Waals surface area contributed by atoms with Crippen molar-refractivity contribution in [1.82, 2.24) is 14.5 Å². The zero-order valence-corrected chi connectivity index (χ0v) is 12.2. The lowest BCUT2D eigenvalue weighted by Gasteiger charge is -2.32. The monoisotopic (exact) mass is 271 g/mol. The van der Waals surface area contributed by atoms with Gasteiger partial charge in [0.15, 0.2) is 0 Å². The lowest BCUT2D eigenvalue weighted by atomic mass is 9.81. The fourth-order valence-corrected chi connectivity index (χ4v) is 2.03. The lowest BCUT2D eigenvalue weighted by Crippen LogP contribution is -2.41. The van der Waals surface area contributed by atoms with Gasteiger partial charge < -0.3 is 9.31 Å². The molecule has 1 aliphatic rings. The molecule has 0 unspecified atom stereocenters. The summed E-state index contributed by atoms with van der Waals surface area (Å²) in [5.41, 5.74) is 0.132. The Morgan fingerprint density at radius 2 is 1.45 bits per heavy atom. The summed E-state index contributed by atoms with van der Waals surface area (Å²) >= 11 is 0. The van der Waals surface area contributed by atoms with Crippen LogP contribution in [0.4, 0.5) is 0 Å². The predicted molar refractivity (Wildman–Crippen MR) is 77.1 cm³/mol. The summed E-state index contributed by atoms with van der Waals surface area (Å²) in [5.74, 6) is 0.635. The van der Waals surface area contributed by atoms with E-state index in [1.54, 1.807) is 12.4 Å². The van der Waals surface area contributed by atoms with E-state index >= 15 is 0 Å². The van der Waals surface area contributed by atoms with Crippen LogP contribution in [0.2, 0.25) is 0 Å². The molecule has 1 fully saturated rings. The lowest BCUT2D eigenvalue weighted by molar-refractivity contribution is 0.00578. The second kappa shape index (κ2) is 4.43. The molecule has 104 valence electrons. The van der Waals surface area contributed by atoms with Crippen LogP contribution in [0.1, 0.15) is 27.7 Å². The zero-order chi connectivity index (χ0) is 14.4. The van der Waals surface area contributed by atoms with Gasteiger partial charge in [0, 0.05) is 30.3 Å². The fourth-order valence-electron chi connectivity index (χ4n) is 2.03. The molecule has 0 aromatic carbocycles. The predicted octanol–water partition coefficient (Wildman–Crippen LogP) is 1.57. The molecule has 1 saturated heterocycles. The van der Waals surface area contributed by atoms with E-state index in [0.29, 0.717) is 5.95 Å². The van der Waals surface area contributed by atoms with Crippen LogP contribution in [0.5, 0.6) is 0 Å². The molecular weight excluding hydrogens is 253 g/mol. The molecule has 0 radical (unpaired) electrons. The molecule has 2 aromatic heterocycles. The SMILES string of the molecule is CC1(C)OB(c2cnc(-n3cccc3)nc2)OC1(C)C. The van der Waals surface area contributed by atoms with Gasteiger partial charge in [-0.3, -0.25) is 4.57 Å². The molecule has 5 nitrogen and oxygen atoms in total. The maximum Gasteiger partial charge on any atom is 0.498 e. The first-order valence-corrected chi connectivity index (χ1v) is 6.70. The van der Waals surface area contributed by atoms with Crippen molar-refractivity contribution in [3.63, 3.8) is 0 Å². The van der Waals surface area contributed by atoms with Crippen molar-refractivity contribution in [3.8, 4) is 5.95 Å². The Labute approximate surface area is 119 Å². The van der Waals surface area contributed by atoms with Crippen LogP contribution in [-0.4, -0.2) is 32.9 Å². The van der Waals surface area contributed by atoms with Crippen molar-refractivity contribution in [1.29, 1.82) is 0 Å². The van der Waals surface area contributed by atoms with Gasteiger partial charge in [0.2, 0.25) is 5.95 Å². The van der Waals surface area contributed by atoms with Crippen molar-refractivity contribution < 1.29 is 9.31 Å². The first-order valence-electron chi connectivity index (χ1n) is 6.70. The zero-order valence-electron chi connectivity index (χ0n) is 12.2. The molecule has 0 N–H and O–H groups in total. The smallest absolute Gasteiger partial charge is 0.399 e. The van der Waals surface area contributed by atoms with E-state index in [4.69, 9.17) is 9.31 Å². The van der Waals surface area contributed by atoms with E-state index in [9.17, 15) is 0 Å². The van der Waals surface area contributed by atoms with E-state index in [0.717, 1.165) is 5.46 Å². The molecule has 0 spiro atoms. The van der Waals surface area contributed by atoms with Gasteiger partial charge in [-0.2, -0.15) is 0 Å². The van der Waals surface area contributed by atoms with Crippen LogP contribution < -0.4 is 5.46 Å². The number of nitrogens with zero attached hydrogens (tertiary/aromatic N) is 3. The summed E-state index contributed by atoms with van der Waals surface area (Å²) < 4.78 is 13.8. The second-order valence-electron chi connectivity index (χ2n) is 5.99. The molecule has 3 rings (SSSR count). The van der Waals surface area contributed by atoms with Crippen LogP contribution in [0.3, 0.4) is 0 Å². The van der Waals surface area contributed by atoms with Crippen LogP contribution in [0.25, 0.3) is 5.95 Å². The van der Waals surface area contributed by atoms with E-state index in [-0.39, 0.29) is 11.2 Å². The summed E-state index contributed by atoms with van der Waals surface area (Å²) in [5, 5.41) is 0. The molecule has 1 aliphatic heterocycles. The average molecular weight is 271 g/mol. The first-order chi connectivity index (χ1) is 9.39. The van der Waals surface area contributed by atoms with Crippen LogP contribution in [-0.2, 0) is 9.31 Å². The van der Waals surface area contributed by atoms with Gasteiger partial charge in [0.05, 0.1) is 11.2 Å². The fraction of sp³-hybridized carbons (Fsp3) is 0.429. The minimum Gasteiger partial charge on any atom is -0.399 e. The molecule has 0 bridgehead atoms. The van der Waals surface area contributed by atoms with Crippen LogP contribution >= 0.6 is 0 Å². The molecular formula is C14H18BN3O2. The molecule has 2 aromatic rings. The summed E-state index contributed by atoms with van der Waals surface area (Å²) in [4.78, 5) is 8.71. The van der Waals surface area contributed by atoms with Gasteiger partial charge in [0.25, 0.3) is 0 Å². The van der Waals surface area contributed by atoms with E-state index < -0.39 is 7.12 Å². The third-order valence-corrected chi connectivity index (χ3v) is 4.02. The van der Waals surface area contributed by atoms with Crippen LogP contribution in [0.15, 0.2) is 36.9 Å². The standard InChI is InChI=1S/C14H18BN3O2/c1-13(2)14(3,4)20-15(19-13)11-9-16-12(17-10-11)18-7-5-6-8-18/h5-10H,1-4H3.